The molecule has 24 heavy (non-hydrogen) atoms. The first-order chi connectivity index (χ1) is 11.5. The van der Waals surface area contributed by atoms with Crippen molar-refractivity contribution in [3.05, 3.63) is 74.1 Å². The summed E-state index contributed by atoms with van der Waals surface area (Å²) < 4.78 is 13.4. The van der Waals surface area contributed by atoms with Gasteiger partial charge in [-0.2, -0.15) is 15.7 Å². The molecule has 0 unspecified atom stereocenters. The monoisotopic (exact) mass is 343 g/mol. The fourth-order valence-electron chi connectivity index (χ4n) is 2.54. The summed E-state index contributed by atoms with van der Waals surface area (Å²) in [5.74, 6) is -0.442. The lowest BCUT2D eigenvalue weighted by molar-refractivity contribution is 0.319. The van der Waals surface area contributed by atoms with Crippen LogP contribution in [0.2, 0.25) is 0 Å². The van der Waals surface area contributed by atoms with E-state index in [1.165, 1.54) is 12.5 Å². The Labute approximate surface area is 143 Å². The topological polar surface area (TPSA) is 49.0 Å². The van der Waals surface area contributed by atoms with Crippen LogP contribution in [0.3, 0.4) is 0 Å². The highest BCUT2D eigenvalue weighted by Crippen LogP contribution is 2.17. The van der Waals surface area contributed by atoms with Crippen molar-refractivity contribution in [2.45, 2.75) is 20.0 Å². The van der Waals surface area contributed by atoms with Crippen molar-refractivity contribution in [3.63, 3.8) is 0 Å². The van der Waals surface area contributed by atoms with Crippen molar-refractivity contribution < 1.29 is 4.39 Å². The Balaban J connectivity index is 1.72. The lowest BCUT2D eigenvalue weighted by Gasteiger charge is -2.16. The summed E-state index contributed by atoms with van der Waals surface area (Å²) in [6, 6.07) is 9.91. The van der Waals surface area contributed by atoms with E-state index in [-0.39, 0.29) is 5.69 Å². The van der Waals surface area contributed by atoms with E-state index in [4.69, 9.17) is 0 Å². The third-order valence-corrected chi connectivity index (χ3v) is 4.47. The Morgan fingerprint density at radius 3 is 2.50 bits per heavy atom. The standard InChI is InChI=1S/C18H18FN3OS/c1-12-16(19)18(23)21-17(20-12)15-5-3-13(4-6-15)9-22(2)10-14-7-8-24-11-14/h3-8,11H,9-10H2,1-2H3,(H,20,21,23). The van der Waals surface area contributed by atoms with Crippen LogP contribution in [0.15, 0.2) is 45.9 Å². The van der Waals surface area contributed by atoms with Gasteiger partial charge in [0, 0.05) is 18.7 Å². The second-order valence-corrected chi connectivity index (χ2v) is 6.59. The second-order valence-electron chi connectivity index (χ2n) is 5.81. The summed E-state index contributed by atoms with van der Waals surface area (Å²) in [5.41, 5.74) is 2.60. The third-order valence-electron chi connectivity index (χ3n) is 3.74. The van der Waals surface area contributed by atoms with Crippen LogP contribution in [0.25, 0.3) is 11.4 Å². The Hall–Kier alpha value is -2.31. The summed E-state index contributed by atoms with van der Waals surface area (Å²) in [7, 11) is 2.08. The fourth-order valence-corrected chi connectivity index (χ4v) is 3.20. The van der Waals surface area contributed by atoms with Crippen LogP contribution in [-0.4, -0.2) is 21.9 Å². The second kappa shape index (κ2) is 7.07. The molecule has 1 N–H and O–H groups in total. The van der Waals surface area contributed by atoms with Gasteiger partial charge in [0.05, 0.1) is 5.69 Å². The number of hydrogen-bond donors (Lipinski definition) is 1. The largest absolute Gasteiger partial charge is 0.304 e. The number of halogens is 1. The summed E-state index contributed by atoms with van der Waals surface area (Å²) in [6.07, 6.45) is 0. The predicted octanol–water partition coefficient (Wildman–Crippen LogP) is 3.58. The summed E-state index contributed by atoms with van der Waals surface area (Å²) in [5, 5.41) is 4.23. The van der Waals surface area contributed by atoms with E-state index in [0.29, 0.717) is 5.82 Å². The highest BCUT2D eigenvalue weighted by atomic mass is 32.1. The smallest absolute Gasteiger partial charge is 0.287 e. The van der Waals surface area contributed by atoms with Crippen LogP contribution in [-0.2, 0) is 13.1 Å². The molecule has 0 aliphatic carbocycles. The summed E-state index contributed by atoms with van der Waals surface area (Å²) in [6.45, 7) is 3.21. The number of nitrogens with zero attached hydrogens (tertiary/aromatic N) is 2. The van der Waals surface area contributed by atoms with E-state index in [9.17, 15) is 9.18 Å². The molecular formula is C18H18FN3OS. The molecule has 4 nitrogen and oxygen atoms in total. The molecule has 3 rings (SSSR count). The van der Waals surface area contributed by atoms with Crippen LogP contribution in [0, 0.1) is 12.7 Å². The van der Waals surface area contributed by atoms with Crippen molar-refractivity contribution in [3.8, 4) is 11.4 Å². The van der Waals surface area contributed by atoms with E-state index in [1.54, 1.807) is 11.3 Å². The molecule has 0 radical (unpaired) electrons. The molecule has 6 heteroatoms. The quantitative estimate of drug-likeness (QED) is 0.770. The van der Waals surface area contributed by atoms with Gasteiger partial charge in [-0.15, -0.1) is 0 Å². The minimum atomic E-state index is -0.828. The molecule has 0 fully saturated rings. The number of H-pyrrole nitrogens is 1. The molecule has 2 heterocycles. The maximum absolute atomic E-state index is 13.4. The number of nitrogens with one attached hydrogen (secondary N) is 1. The average Bonchev–Trinajstić information content (AvgIpc) is 3.05. The lowest BCUT2D eigenvalue weighted by atomic mass is 10.1. The van der Waals surface area contributed by atoms with Gasteiger partial charge < -0.3 is 4.98 Å². The minimum Gasteiger partial charge on any atom is -0.304 e. The Morgan fingerprint density at radius 1 is 1.17 bits per heavy atom. The summed E-state index contributed by atoms with van der Waals surface area (Å²) >= 11 is 1.70. The molecule has 0 saturated carbocycles. The SMILES string of the molecule is Cc1nc(-c2ccc(CN(C)Cc3ccsc3)cc2)[nH]c(=O)c1F. The van der Waals surface area contributed by atoms with Gasteiger partial charge in [0.25, 0.3) is 5.56 Å². The van der Waals surface area contributed by atoms with Crippen molar-refractivity contribution in [2.24, 2.45) is 0 Å². The maximum atomic E-state index is 13.4. The molecule has 0 aliphatic heterocycles. The van der Waals surface area contributed by atoms with Crippen molar-refractivity contribution in [2.75, 3.05) is 7.05 Å². The molecule has 3 aromatic rings. The zero-order chi connectivity index (χ0) is 17.1. The number of aromatic nitrogens is 2. The maximum Gasteiger partial charge on any atom is 0.287 e. The first-order valence-corrected chi connectivity index (χ1v) is 8.52. The highest BCUT2D eigenvalue weighted by Gasteiger charge is 2.09. The van der Waals surface area contributed by atoms with E-state index >= 15 is 0 Å². The van der Waals surface area contributed by atoms with Gasteiger partial charge in [-0.05, 0) is 41.9 Å². The zero-order valence-corrected chi connectivity index (χ0v) is 14.4. The van der Waals surface area contributed by atoms with Gasteiger partial charge in [-0.1, -0.05) is 24.3 Å². The molecular weight excluding hydrogens is 325 g/mol. The van der Waals surface area contributed by atoms with Crippen molar-refractivity contribution in [1.82, 2.24) is 14.9 Å². The first kappa shape index (κ1) is 16.5. The number of thiophene rings is 1. The predicted molar refractivity (Wildman–Crippen MR) is 94.5 cm³/mol. The summed E-state index contributed by atoms with van der Waals surface area (Å²) in [4.78, 5) is 20.3. The molecule has 0 saturated heterocycles. The molecule has 0 amide bonds. The van der Waals surface area contributed by atoms with Crippen LogP contribution < -0.4 is 5.56 Å². The van der Waals surface area contributed by atoms with Crippen LogP contribution in [0.1, 0.15) is 16.8 Å². The Bertz CT molecular complexity index is 872. The van der Waals surface area contributed by atoms with Gasteiger partial charge in [0.15, 0.2) is 0 Å². The van der Waals surface area contributed by atoms with E-state index in [2.05, 4.69) is 38.7 Å². The van der Waals surface area contributed by atoms with Crippen molar-refractivity contribution >= 4 is 11.3 Å². The van der Waals surface area contributed by atoms with Crippen LogP contribution >= 0.6 is 11.3 Å². The Morgan fingerprint density at radius 2 is 1.88 bits per heavy atom. The normalized spacial score (nSPS) is 11.2. The number of aromatic amines is 1. The van der Waals surface area contributed by atoms with E-state index in [0.717, 1.165) is 24.2 Å². The molecule has 0 atom stereocenters. The Kier molecular flexibility index (Phi) is 4.87. The number of hydrogen-bond acceptors (Lipinski definition) is 4. The number of aryl methyl sites for hydroxylation is 1. The van der Waals surface area contributed by atoms with Crippen LogP contribution in [0.4, 0.5) is 4.39 Å². The zero-order valence-electron chi connectivity index (χ0n) is 13.5. The fraction of sp³-hybridized carbons (Fsp3) is 0.222. The first-order valence-electron chi connectivity index (χ1n) is 7.58. The lowest BCUT2D eigenvalue weighted by Crippen LogP contribution is -2.17. The number of rotatable bonds is 5. The molecule has 0 bridgehead atoms. The van der Waals surface area contributed by atoms with Gasteiger partial charge >= 0.3 is 0 Å². The van der Waals surface area contributed by atoms with Gasteiger partial charge in [0.2, 0.25) is 5.82 Å². The molecule has 0 aliphatic rings. The highest BCUT2D eigenvalue weighted by molar-refractivity contribution is 7.07. The van der Waals surface area contributed by atoms with Gasteiger partial charge in [0.1, 0.15) is 5.82 Å². The molecule has 124 valence electrons. The average molecular weight is 343 g/mol. The van der Waals surface area contributed by atoms with Crippen molar-refractivity contribution in [1.29, 1.82) is 0 Å². The molecule has 1 aromatic carbocycles. The third kappa shape index (κ3) is 3.77. The minimum absolute atomic E-state index is 0.105. The molecule has 0 spiro atoms. The van der Waals surface area contributed by atoms with Crippen LogP contribution in [0.5, 0.6) is 0 Å². The van der Waals surface area contributed by atoms with E-state index in [1.807, 2.05) is 24.3 Å². The van der Waals surface area contributed by atoms with Gasteiger partial charge in [-0.3, -0.25) is 9.69 Å². The van der Waals surface area contributed by atoms with E-state index < -0.39 is 11.4 Å². The number of benzene rings is 1. The van der Waals surface area contributed by atoms with Gasteiger partial charge in [-0.25, -0.2) is 4.98 Å². The molecule has 2 aromatic heterocycles.